The SMILES string of the molecule is [I-].[Mg+2].[c-]1cccc2ccccc12. The van der Waals surface area contributed by atoms with Crippen LogP contribution in [0.15, 0.2) is 42.5 Å². The molecule has 2 heteroatoms. The van der Waals surface area contributed by atoms with E-state index in [2.05, 4.69) is 24.3 Å². The van der Waals surface area contributed by atoms with Crippen molar-refractivity contribution in [2.45, 2.75) is 0 Å². The summed E-state index contributed by atoms with van der Waals surface area (Å²) in [6, 6.07) is 17.4. The molecule has 2 aromatic rings. The van der Waals surface area contributed by atoms with Gasteiger partial charge in [-0.1, -0.05) is 12.1 Å². The Bertz CT molecular complexity index is 281. The van der Waals surface area contributed by atoms with Gasteiger partial charge in [-0.25, -0.2) is 0 Å². The Morgan fingerprint density at radius 1 is 0.917 bits per heavy atom. The molecule has 0 amide bonds. The normalized spacial score (nSPS) is 8.33. The van der Waals surface area contributed by atoms with Crippen molar-refractivity contribution in [3.8, 4) is 0 Å². The molecule has 0 saturated carbocycles. The van der Waals surface area contributed by atoms with Crippen molar-refractivity contribution < 1.29 is 24.0 Å². The predicted molar refractivity (Wildman–Crippen MR) is 48.5 cm³/mol. The molecule has 0 aliphatic rings. The Hall–Kier alpha value is 0.196. The van der Waals surface area contributed by atoms with Crippen LogP contribution in [0, 0.1) is 6.07 Å². The number of hydrogen-bond donors (Lipinski definition) is 0. The van der Waals surface area contributed by atoms with Gasteiger partial charge in [-0.15, -0.1) is 47.2 Å². The summed E-state index contributed by atoms with van der Waals surface area (Å²) in [5.41, 5.74) is 0. The summed E-state index contributed by atoms with van der Waals surface area (Å²) >= 11 is 0. The fourth-order valence-corrected chi connectivity index (χ4v) is 1.06. The molecule has 0 spiro atoms. The van der Waals surface area contributed by atoms with Crippen LogP contribution in [0.4, 0.5) is 0 Å². The molecule has 0 fully saturated rings. The van der Waals surface area contributed by atoms with E-state index in [1.165, 1.54) is 10.8 Å². The Morgan fingerprint density at radius 3 is 2.33 bits per heavy atom. The maximum absolute atomic E-state index is 3.15. The van der Waals surface area contributed by atoms with Gasteiger partial charge in [0.25, 0.3) is 0 Å². The minimum Gasteiger partial charge on any atom is -1.00 e. The van der Waals surface area contributed by atoms with Crippen molar-refractivity contribution in [1.82, 2.24) is 0 Å². The van der Waals surface area contributed by atoms with Crippen molar-refractivity contribution in [3.63, 3.8) is 0 Å². The van der Waals surface area contributed by atoms with E-state index in [-0.39, 0.29) is 47.0 Å². The fraction of sp³-hybridized carbons (Fsp3) is 0. The largest absolute Gasteiger partial charge is 2.00 e. The third-order valence-electron chi connectivity index (χ3n) is 1.57. The molecule has 0 saturated heterocycles. The zero-order valence-corrected chi connectivity index (χ0v) is 10.2. The quantitative estimate of drug-likeness (QED) is 0.338. The van der Waals surface area contributed by atoms with Crippen LogP contribution in [0.5, 0.6) is 0 Å². The average Bonchev–Trinajstić information content (AvgIpc) is 2.05. The summed E-state index contributed by atoms with van der Waals surface area (Å²) in [4.78, 5) is 0. The van der Waals surface area contributed by atoms with E-state index in [0.29, 0.717) is 0 Å². The molecule has 0 unspecified atom stereocenters. The van der Waals surface area contributed by atoms with Crippen LogP contribution in [0.1, 0.15) is 0 Å². The third-order valence-corrected chi connectivity index (χ3v) is 1.57. The first-order chi connectivity index (χ1) is 4.97. The summed E-state index contributed by atoms with van der Waals surface area (Å²) in [5.74, 6) is 0. The third kappa shape index (κ3) is 2.60. The van der Waals surface area contributed by atoms with Crippen molar-refractivity contribution in [3.05, 3.63) is 48.5 Å². The van der Waals surface area contributed by atoms with Gasteiger partial charge in [0.1, 0.15) is 0 Å². The molecule has 0 aromatic heterocycles. The predicted octanol–water partition coefficient (Wildman–Crippen LogP) is -0.737. The van der Waals surface area contributed by atoms with Gasteiger partial charge in [-0.2, -0.15) is 0 Å². The molecule has 0 radical (unpaired) electrons. The minimum atomic E-state index is 0. The molecule has 0 atom stereocenters. The first-order valence-electron chi connectivity index (χ1n) is 3.32. The molecule has 0 heterocycles. The molecule has 56 valence electrons. The molecule has 12 heavy (non-hydrogen) atoms. The second-order valence-electron chi connectivity index (χ2n) is 2.26. The first-order valence-corrected chi connectivity index (χ1v) is 3.32. The van der Waals surface area contributed by atoms with Gasteiger partial charge < -0.3 is 24.0 Å². The van der Waals surface area contributed by atoms with E-state index in [1.807, 2.05) is 24.3 Å². The molecule has 0 aliphatic carbocycles. The number of benzene rings is 2. The zero-order valence-electron chi connectivity index (χ0n) is 6.63. The van der Waals surface area contributed by atoms with Crippen LogP contribution in [0.3, 0.4) is 0 Å². The van der Waals surface area contributed by atoms with Gasteiger partial charge in [0.05, 0.1) is 0 Å². The van der Waals surface area contributed by atoms with Crippen molar-refractivity contribution in [2.75, 3.05) is 0 Å². The van der Waals surface area contributed by atoms with Gasteiger partial charge in [-0.3, -0.25) is 0 Å². The molecule has 0 N–H and O–H groups in total. The summed E-state index contributed by atoms with van der Waals surface area (Å²) in [5, 5.41) is 2.44. The Balaban J connectivity index is 0.000000605. The molecule has 0 nitrogen and oxygen atoms in total. The Labute approximate surface area is 106 Å². The summed E-state index contributed by atoms with van der Waals surface area (Å²) in [7, 11) is 0. The fourth-order valence-electron chi connectivity index (χ4n) is 1.06. The second-order valence-corrected chi connectivity index (χ2v) is 2.26. The Morgan fingerprint density at radius 2 is 1.58 bits per heavy atom. The standard InChI is InChI=1S/C10H7.HI.Mg/c1-2-6-10-8-4-3-7-9(10)5-1;;/h1-7H;1H;/q-1;;+2/p-1. The van der Waals surface area contributed by atoms with Crippen molar-refractivity contribution in [1.29, 1.82) is 0 Å². The van der Waals surface area contributed by atoms with Crippen LogP contribution in [0.2, 0.25) is 0 Å². The maximum atomic E-state index is 3.15. The van der Waals surface area contributed by atoms with Crippen molar-refractivity contribution in [2.24, 2.45) is 0 Å². The van der Waals surface area contributed by atoms with E-state index < -0.39 is 0 Å². The smallest absolute Gasteiger partial charge is 1.00 e. The average molecular weight is 278 g/mol. The van der Waals surface area contributed by atoms with Crippen LogP contribution in [-0.4, -0.2) is 23.1 Å². The minimum absolute atomic E-state index is 0. The topological polar surface area (TPSA) is 0 Å². The van der Waals surface area contributed by atoms with E-state index in [4.69, 9.17) is 0 Å². The summed E-state index contributed by atoms with van der Waals surface area (Å²) in [6.45, 7) is 0. The van der Waals surface area contributed by atoms with Gasteiger partial charge in [0.15, 0.2) is 0 Å². The van der Waals surface area contributed by atoms with E-state index in [9.17, 15) is 0 Å². The monoisotopic (exact) mass is 278 g/mol. The number of rotatable bonds is 0. The van der Waals surface area contributed by atoms with Crippen LogP contribution >= 0.6 is 0 Å². The van der Waals surface area contributed by atoms with E-state index in [1.54, 1.807) is 0 Å². The number of fused-ring (bicyclic) bond motifs is 1. The molecule has 2 rings (SSSR count). The summed E-state index contributed by atoms with van der Waals surface area (Å²) in [6.07, 6.45) is 0. The van der Waals surface area contributed by atoms with Crippen LogP contribution < -0.4 is 24.0 Å². The van der Waals surface area contributed by atoms with Gasteiger partial charge in [0.2, 0.25) is 0 Å². The van der Waals surface area contributed by atoms with E-state index >= 15 is 0 Å². The van der Waals surface area contributed by atoms with E-state index in [0.717, 1.165) is 0 Å². The molecule has 0 aliphatic heterocycles. The van der Waals surface area contributed by atoms with Crippen molar-refractivity contribution >= 4 is 33.8 Å². The number of halogens is 1. The number of hydrogen-bond acceptors (Lipinski definition) is 0. The maximum Gasteiger partial charge on any atom is 2.00 e. The zero-order chi connectivity index (χ0) is 6.81. The Kier molecular flexibility index (Phi) is 5.87. The van der Waals surface area contributed by atoms with Crippen LogP contribution in [0.25, 0.3) is 10.8 Å². The van der Waals surface area contributed by atoms with Crippen LogP contribution in [-0.2, 0) is 0 Å². The molecular formula is C10H7IMg. The second kappa shape index (κ2) is 5.78. The molecule has 2 aromatic carbocycles. The first kappa shape index (κ1) is 12.2. The molecule has 0 bridgehead atoms. The van der Waals surface area contributed by atoms with Gasteiger partial charge in [-0.05, 0) is 0 Å². The van der Waals surface area contributed by atoms with Gasteiger partial charge >= 0.3 is 23.1 Å². The molecular weight excluding hydrogens is 271 g/mol. The van der Waals surface area contributed by atoms with Gasteiger partial charge in [0, 0.05) is 0 Å². The summed E-state index contributed by atoms with van der Waals surface area (Å²) < 4.78 is 0.